The van der Waals surface area contributed by atoms with E-state index < -0.39 is 0 Å². The average Bonchev–Trinajstić information content (AvgIpc) is 3.35. The van der Waals surface area contributed by atoms with Gasteiger partial charge in [-0.1, -0.05) is 40.2 Å². The van der Waals surface area contributed by atoms with E-state index in [0.29, 0.717) is 26.1 Å². The fraction of sp³-hybridized carbons (Fsp3) is 0.231. The minimum absolute atomic E-state index is 0.0394. The number of carbonyl (C=O) groups excluding carboxylic acids is 1. The Morgan fingerprint density at radius 2 is 1.88 bits per heavy atom. The van der Waals surface area contributed by atoms with Gasteiger partial charge in [0.1, 0.15) is 18.2 Å². The molecule has 1 aliphatic heterocycles. The predicted molar refractivity (Wildman–Crippen MR) is 130 cm³/mol. The number of ether oxygens (including phenoxy) is 1. The molecule has 1 amide bonds. The maximum Gasteiger partial charge on any atom is 0.227 e. The number of benzene rings is 3. The van der Waals surface area contributed by atoms with Gasteiger partial charge in [-0.3, -0.25) is 4.79 Å². The third-order valence-corrected chi connectivity index (χ3v) is 6.41. The molecule has 32 heavy (non-hydrogen) atoms. The molecule has 1 atom stereocenters. The number of hydrogen-bond acceptors (Lipinski definition) is 3. The zero-order valence-electron chi connectivity index (χ0n) is 17.9. The molecule has 1 aromatic heterocycles. The lowest BCUT2D eigenvalue weighted by atomic mass is 10.1. The second kappa shape index (κ2) is 8.79. The van der Waals surface area contributed by atoms with Crippen molar-refractivity contribution >= 4 is 38.6 Å². The highest BCUT2D eigenvalue weighted by atomic mass is 79.9. The number of halogens is 1. The number of amides is 1. The van der Waals surface area contributed by atoms with Crippen LogP contribution in [0.1, 0.15) is 23.7 Å². The Morgan fingerprint density at radius 3 is 2.69 bits per heavy atom. The lowest BCUT2D eigenvalue weighted by molar-refractivity contribution is -0.117. The Kier molecular flexibility index (Phi) is 5.70. The van der Waals surface area contributed by atoms with Crippen LogP contribution in [0.25, 0.3) is 11.0 Å². The van der Waals surface area contributed by atoms with Gasteiger partial charge >= 0.3 is 0 Å². The molecule has 6 heteroatoms. The molecule has 0 saturated carbocycles. The molecule has 5 nitrogen and oxygen atoms in total. The molecule has 5 rings (SSSR count). The Hall–Kier alpha value is -3.12. The first-order chi connectivity index (χ1) is 15.6. The number of anilines is 1. The summed E-state index contributed by atoms with van der Waals surface area (Å²) in [5.41, 5.74) is 4.12. The van der Waals surface area contributed by atoms with E-state index in [9.17, 15) is 4.79 Å². The minimum atomic E-state index is 0.0394. The number of aryl methyl sites for hydroxylation is 1. The summed E-state index contributed by atoms with van der Waals surface area (Å²) < 4.78 is 9.24. The van der Waals surface area contributed by atoms with E-state index in [0.717, 1.165) is 32.8 Å². The van der Waals surface area contributed by atoms with Crippen LogP contribution in [0.4, 0.5) is 5.69 Å². The normalized spacial score (nSPS) is 16.1. The minimum Gasteiger partial charge on any atom is -0.492 e. The van der Waals surface area contributed by atoms with Crippen LogP contribution in [0.15, 0.2) is 77.3 Å². The van der Waals surface area contributed by atoms with E-state index in [1.54, 1.807) is 0 Å². The monoisotopic (exact) mass is 489 g/mol. The third-order valence-electron chi connectivity index (χ3n) is 5.89. The van der Waals surface area contributed by atoms with Crippen molar-refractivity contribution < 1.29 is 9.53 Å². The summed E-state index contributed by atoms with van der Waals surface area (Å²) in [5.74, 6) is 1.99. The second-order valence-corrected chi connectivity index (χ2v) is 9.07. The van der Waals surface area contributed by atoms with Crippen molar-refractivity contribution in [1.82, 2.24) is 9.55 Å². The van der Waals surface area contributed by atoms with Crippen molar-refractivity contribution in [3.63, 3.8) is 0 Å². The summed E-state index contributed by atoms with van der Waals surface area (Å²) in [5, 5.41) is 0. The number of hydrogen-bond donors (Lipinski definition) is 0. The topological polar surface area (TPSA) is 47.4 Å². The Bertz CT molecular complexity index is 1270. The molecule has 1 saturated heterocycles. The smallest absolute Gasteiger partial charge is 0.227 e. The van der Waals surface area contributed by atoms with E-state index in [1.807, 2.05) is 65.6 Å². The first-order valence-corrected chi connectivity index (χ1v) is 11.6. The standard InChI is InChI=1S/C26H24BrN3O2/c1-18-5-4-6-22(15-18)32-14-13-29-24-8-3-2-7-23(24)28-26(29)19-16-25(31)30(17-19)21-11-9-20(27)10-12-21/h2-12,15,19H,13-14,16-17H2,1H3/t19-/m1/s1. The van der Waals surface area contributed by atoms with Crippen molar-refractivity contribution in [1.29, 1.82) is 0 Å². The highest BCUT2D eigenvalue weighted by Gasteiger charge is 2.34. The maximum absolute atomic E-state index is 12.9. The highest BCUT2D eigenvalue weighted by Crippen LogP contribution is 2.33. The van der Waals surface area contributed by atoms with Crippen LogP contribution >= 0.6 is 15.9 Å². The number of fused-ring (bicyclic) bond motifs is 1. The van der Waals surface area contributed by atoms with Gasteiger partial charge in [0.25, 0.3) is 0 Å². The van der Waals surface area contributed by atoms with Gasteiger partial charge in [-0.25, -0.2) is 4.98 Å². The fourth-order valence-corrected chi connectivity index (χ4v) is 4.62. The average molecular weight is 490 g/mol. The van der Waals surface area contributed by atoms with Crippen molar-refractivity contribution in [2.75, 3.05) is 18.1 Å². The SMILES string of the molecule is Cc1cccc(OCCn2c([C@@H]3CC(=O)N(c4ccc(Br)cc4)C3)nc3ccccc32)c1. The van der Waals surface area contributed by atoms with Gasteiger partial charge in [-0.2, -0.15) is 0 Å². The molecule has 4 aromatic rings. The third kappa shape index (κ3) is 4.15. The summed E-state index contributed by atoms with van der Waals surface area (Å²) in [4.78, 5) is 19.7. The lowest BCUT2D eigenvalue weighted by Gasteiger charge is -2.18. The van der Waals surface area contributed by atoms with Crippen molar-refractivity contribution in [3.8, 4) is 5.75 Å². The Labute approximate surface area is 195 Å². The number of imidazole rings is 1. The summed E-state index contributed by atoms with van der Waals surface area (Å²) in [6.07, 6.45) is 0.456. The molecule has 1 fully saturated rings. The first kappa shape index (κ1) is 20.8. The van der Waals surface area contributed by atoms with Crippen LogP contribution in [0.3, 0.4) is 0 Å². The number of nitrogens with zero attached hydrogens (tertiary/aromatic N) is 3. The maximum atomic E-state index is 12.9. The Morgan fingerprint density at radius 1 is 1.06 bits per heavy atom. The number of aromatic nitrogens is 2. The molecule has 162 valence electrons. The van der Waals surface area contributed by atoms with Gasteiger partial charge in [0.15, 0.2) is 0 Å². The van der Waals surface area contributed by atoms with E-state index in [1.165, 1.54) is 5.56 Å². The Balaban J connectivity index is 1.40. The van der Waals surface area contributed by atoms with Gasteiger partial charge in [-0.05, 0) is 61.0 Å². The van der Waals surface area contributed by atoms with Gasteiger partial charge in [0.05, 0.1) is 17.6 Å². The summed E-state index contributed by atoms with van der Waals surface area (Å²) in [7, 11) is 0. The lowest BCUT2D eigenvalue weighted by Crippen LogP contribution is -2.24. The molecule has 0 bridgehead atoms. The van der Waals surface area contributed by atoms with Crippen molar-refractivity contribution in [3.05, 3.63) is 88.7 Å². The summed E-state index contributed by atoms with van der Waals surface area (Å²) >= 11 is 3.46. The summed E-state index contributed by atoms with van der Waals surface area (Å²) in [6, 6.07) is 24.1. The fourth-order valence-electron chi connectivity index (χ4n) is 4.35. The zero-order valence-corrected chi connectivity index (χ0v) is 19.5. The van der Waals surface area contributed by atoms with Crippen LogP contribution < -0.4 is 9.64 Å². The molecule has 1 aliphatic rings. The number of carbonyl (C=O) groups is 1. The molecule has 0 aliphatic carbocycles. The van der Waals surface area contributed by atoms with Crippen LogP contribution in [-0.2, 0) is 11.3 Å². The van der Waals surface area contributed by atoms with E-state index >= 15 is 0 Å². The van der Waals surface area contributed by atoms with Crippen LogP contribution in [0.2, 0.25) is 0 Å². The zero-order chi connectivity index (χ0) is 22.1. The molecule has 0 spiro atoms. The second-order valence-electron chi connectivity index (χ2n) is 8.16. The van der Waals surface area contributed by atoms with Gasteiger partial charge in [0, 0.05) is 29.0 Å². The molecular formula is C26H24BrN3O2. The van der Waals surface area contributed by atoms with Gasteiger partial charge < -0.3 is 14.2 Å². The highest BCUT2D eigenvalue weighted by molar-refractivity contribution is 9.10. The molecule has 3 aromatic carbocycles. The van der Waals surface area contributed by atoms with Crippen molar-refractivity contribution in [2.45, 2.75) is 25.8 Å². The van der Waals surface area contributed by atoms with Gasteiger partial charge in [-0.15, -0.1) is 0 Å². The molecule has 0 N–H and O–H groups in total. The molecule has 0 unspecified atom stereocenters. The van der Waals surface area contributed by atoms with Gasteiger partial charge in [0.2, 0.25) is 5.91 Å². The summed E-state index contributed by atoms with van der Waals surface area (Å²) in [6.45, 7) is 3.89. The first-order valence-electron chi connectivity index (χ1n) is 10.8. The van der Waals surface area contributed by atoms with Crippen LogP contribution in [0.5, 0.6) is 5.75 Å². The van der Waals surface area contributed by atoms with Crippen molar-refractivity contribution in [2.24, 2.45) is 0 Å². The van der Waals surface area contributed by atoms with E-state index in [2.05, 4.69) is 39.6 Å². The number of rotatable bonds is 6. The quantitative estimate of drug-likeness (QED) is 0.348. The predicted octanol–water partition coefficient (Wildman–Crippen LogP) is 5.71. The molecule has 0 radical (unpaired) electrons. The van der Waals surface area contributed by atoms with Crippen LogP contribution in [0, 0.1) is 6.92 Å². The van der Waals surface area contributed by atoms with E-state index in [4.69, 9.17) is 9.72 Å². The molecule has 2 heterocycles. The van der Waals surface area contributed by atoms with Crippen LogP contribution in [-0.4, -0.2) is 28.6 Å². The largest absolute Gasteiger partial charge is 0.492 e. The number of para-hydroxylation sites is 2. The van der Waals surface area contributed by atoms with E-state index in [-0.39, 0.29) is 11.8 Å². The molecular weight excluding hydrogens is 466 g/mol.